The molecule has 2 N–H and O–H groups in total. The molecular weight excluding hydrogens is 310 g/mol. The van der Waals surface area contributed by atoms with Crippen LogP contribution in [0.15, 0.2) is 29.0 Å². The molecule has 23 heavy (non-hydrogen) atoms. The second-order valence-electron chi connectivity index (χ2n) is 5.78. The number of aromatic amines is 1. The number of aromatic nitrogens is 2. The quantitative estimate of drug-likeness (QED) is 0.763. The fourth-order valence-electron chi connectivity index (χ4n) is 2.84. The van der Waals surface area contributed by atoms with Crippen LogP contribution in [0.1, 0.15) is 40.7 Å². The molecule has 1 atom stereocenters. The van der Waals surface area contributed by atoms with Crippen LogP contribution in [0.2, 0.25) is 0 Å². The zero-order valence-electron chi connectivity index (χ0n) is 12.8. The Labute approximate surface area is 137 Å². The third-order valence-electron chi connectivity index (χ3n) is 4.09. The van der Waals surface area contributed by atoms with Crippen molar-refractivity contribution in [3.8, 4) is 0 Å². The molecule has 6 heteroatoms. The average molecular weight is 327 g/mol. The van der Waals surface area contributed by atoms with Crippen molar-refractivity contribution in [1.29, 1.82) is 0 Å². The van der Waals surface area contributed by atoms with E-state index in [0.29, 0.717) is 0 Å². The van der Waals surface area contributed by atoms with E-state index in [9.17, 15) is 4.79 Å². The zero-order valence-corrected chi connectivity index (χ0v) is 13.6. The number of hydrogen-bond acceptors (Lipinski definition) is 4. The van der Waals surface area contributed by atoms with Crippen molar-refractivity contribution < 1.29 is 9.53 Å². The summed E-state index contributed by atoms with van der Waals surface area (Å²) < 4.78 is 5.66. The van der Waals surface area contributed by atoms with Crippen molar-refractivity contribution in [2.45, 2.75) is 25.9 Å². The van der Waals surface area contributed by atoms with Crippen molar-refractivity contribution >= 4 is 34.0 Å². The minimum absolute atomic E-state index is 0.0638. The monoisotopic (exact) mass is 327 g/mol. The van der Waals surface area contributed by atoms with Crippen LogP contribution in [-0.4, -0.2) is 22.5 Å². The number of hydrogen-bond donors (Lipinski definition) is 2. The van der Waals surface area contributed by atoms with Gasteiger partial charge in [0.2, 0.25) is 0 Å². The smallest absolute Gasteiger partial charge is 0.256 e. The van der Waals surface area contributed by atoms with Gasteiger partial charge in [-0.3, -0.25) is 4.79 Å². The lowest BCUT2D eigenvalue weighted by atomic mass is 10.2. The van der Waals surface area contributed by atoms with Crippen LogP contribution in [-0.2, 0) is 4.74 Å². The SMILES string of the molecule is Cc1cscc1C(=O)Nc1ccc2nc([C@@H]3CCCO3)[nH]c2c1. The molecule has 1 amide bonds. The molecule has 4 rings (SSSR count). The highest BCUT2D eigenvalue weighted by Gasteiger charge is 2.21. The summed E-state index contributed by atoms with van der Waals surface area (Å²) in [4.78, 5) is 20.2. The van der Waals surface area contributed by atoms with Crippen molar-refractivity contribution in [3.05, 3.63) is 45.9 Å². The number of H-pyrrole nitrogens is 1. The molecule has 118 valence electrons. The number of aryl methyl sites for hydroxylation is 1. The second-order valence-corrected chi connectivity index (χ2v) is 6.52. The van der Waals surface area contributed by atoms with E-state index >= 15 is 0 Å². The number of carbonyl (C=O) groups is 1. The summed E-state index contributed by atoms with van der Waals surface area (Å²) in [6, 6.07) is 5.71. The maximum absolute atomic E-state index is 12.3. The summed E-state index contributed by atoms with van der Waals surface area (Å²) in [5.74, 6) is 0.789. The van der Waals surface area contributed by atoms with Gasteiger partial charge >= 0.3 is 0 Å². The predicted molar refractivity (Wildman–Crippen MR) is 91.0 cm³/mol. The highest BCUT2D eigenvalue weighted by atomic mass is 32.1. The van der Waals surface area contributed by atoms with Crippen LogP contribution in [0.3, 0.4) is 0 Å². The Hall–Kier alpha value is -2.18. The molecule has 0 spiro atoms. The summed E-state index contributed by atoms with van der Waals surface area (Å²) in [6.45, 7) is 2.74. The number of nitrogens with one attached hydrogen (secondary N) is 2. The number of amides is 1. The highest BCUT2D eigenvalue weighted by Crippen LogP contribution is 2.28. The topological polar surface area (TPSA) is 67.0 Å². The molecule has 0 radical (unpaired) electrons. The van der Waals surface area contributed by atoms with Crippen LogP contribution in [0.25, 0.3) is 11.0 Å². The van der Waals surface area contributed by atoms with Gasteiger partial charge in [-0.2, -0.15) is 11.3 Å². The van der Waals surface area contributed by atoms with E-state index in [1.54, 1.807) is 0 Å². The fourth-order valence-corrected chi connectivity index (χ4v) is 3.67. The average Bonchev–Trinajstić information content (AvgIpc) is 3.26. The van der Waals surface area contributed by atoms with Crippen molar-refractivity contribution in [2.24, 2.45) is 0 Å². The number of nitrogens with zero attached hydrogens (tertiary/aromatic N) is 1. The number of benzene rings is 1. The van der Waals surface area contributed by atoms with Crippen LogP contribution in [0, 0.1) is 6.92 Å². The van der Waals surface area contributed by atoms with Crippen molar-refractivity contribution in [1.82, 2.24) is 9.97 Å². The number of carbonyl (C=O) groups excluding carboxylic acids is 1. The minimum Gasteiger partial charge on any atom is -0.370 e. The van der Waals surface area contributed by atoms with Crippen molar-refractivity contribution in [2.75, 3.05) is 11.9 Å². The Morgan fingerprint density at radius 3 is 3.09 bits per heavy atom. The Kier molecular flexibility index (Phi) is 3.63. The van der Waals surface area contributed by atoms with Gasteiger partial charge in [0.15, 0.2) is 0 Å². The van der Waals surface area contributed by atoms with Gasteiger partial charge in [-0.25, -0.2) is 4.98 Å². The maximum atomic E-state index is 12.3. The number of anilines is 1. The first-order valence-corrected chi connectivity index (χ1v) is 8.60. The molecule has 3 heterocycles. The fraction of sp³-hybridized carbons (Fsp3) is 0.294. The first kappa shape index (κ1) is 14.4. The predicted octanol–water partition coefficient (Wildman–Crippen LogP) is 4.04. The van der Waals surface area contributed by atoms with Gasteiger partial charge in [0.25, 0.3) is 5.91 Å². The molecule has 2 aromatic heterocycles. The molecular formula is C17H17N3O2S. The molecule has 0 saturated carbocycles. The molecule has 0 unspecified atom stereocenters. The van der Waals surface area contributed by atoms with Gasteiger partial charge in [-0.15, -0.1) is 0 Å². The molecule has 0 bridgehead atoms. The van der Waals surface area contributed by atoms with Crippen LogP contribution in [0.5, 0.6) is 0 Å². The normalized spacial score (nSPS) is 17.7. The molecule has 1 aromatic carbocycles. The molecule has 3 aromatic rings. The number of fused-ring (bicyclic) bond motifs is 1. The first-order chi connectivity index (χ1) is 11.2. The van der Waals surface area contributed by atoms with Gasteiger partial charge in [0.1, 0.15) is 11.9 Å². The highest BCUT2D eigenvalue weighted by molar-refractivity contribution is 7.08. The Morgan fingerprint density at radius 1 is 1.43 bits per heavy atom. The summed E-state index contributed by atoms with van der Waals surface area (Å²) >= 11 is 1.53. The minimum atomic E-state index is -0.0815. The van der Waals surface area contributed by atoms with Gasteiger partial charge in [0.05, 0.1) is 16.6 Å². The summed E-state index contributed by atoms with van der Waals surface area (Å²) in [7, 11) is 0. The van der Waals surface area contributed by atoms with Crippen LogP contribution in [0.4, 0.5) is 5.69 Å². The largest absolute Gasteiger partial charge is 0.370 e. The maximum Gasteiger partial charge on any atom is 0.256 e. The van der Waals surface area contributed by atoms with E-state index < -0.39 is 0 Å². The van der Waals surface area contributed by atoms with E-state index in [1.165, 1.54) is 11.3 Å². The van der Waals surface area contributed by atoms with E-state index in [1.807, 2.05) is 35.9 Å². The van der Waals surface area contributed by atoms with Crippen LogP contribution < -0.4 is 5.32 Å². The van der Waals surface area contributed by atoms with E-state index in [-0.39, 0.29) is 12.0 Å². The van der Waals surface area contributed by atoms with Gasteiger partial charge < -0.3 is 15.0 Å². The third-order valence-corrected chi connectivity index (χ3v) is 4.95. The van der Waals surface area contributed by atoms with E-state index in [2.05, 4.69) is 15.3 Å². The number of ether oxygens (including phenoxy) is 1. The number of rotatable bonds is 3. The van der Waals surface area contributed by atoms with Gasteiger partial charge in [0, 0.05) is 17.7 Å². The molecule has 5 nitrogen and oxygen atoms in total. The number of imidazole rings is 1. The third kappa shape index (κ3) is 2.75. The van der Waals surface area contributed by atoms with E-state index in [4.69, 9.17) is 4.74 Å². The Bertz CT molecular complexity index is 862. The lowest BCUT2D eigenvalue weighted by Crippen LogP contribution is -2.11. The summed E-state index contributed by atoms with van der Waals surface area (Å²) in [5, 5.41) is 6.79. The van der Waals surface area contributed by atoms with Crippen LogP contribution >= 0.6 is 11.3 Å². The molecule has 1 saturated heterocycles. The Morgan fingerprint density at radius 2 is 2.35 bits per heavy atom. The molecule has 1 aliphatic heterocycles. The van der Waals surface area contributed by atoms with Gasteiger partial charge in [-0.1, -0.05) is 0 Å². The summed E-state index contributed by atoms with van der Waals surface area (Å²) in [5.41, 5.74) is 4.28. The standard InChI is InChI=1S/C17H17N3O2S/c1-10-8-23-9-12(10)17(21)18-11-4-5-13-14(7-11)20-16(19-13)15-3-2-6-22-15/h4-5,7-9,15H,2-3,6H2,1H3,(H,18,21)(H,19,20)/t15-/m0/s1. The van der Waals surface area contributed by atoms with Crippen molar-refractivity contribution in [3.63, 3.8) is 0 Å². The molecule has 1 fully saturated rings. The molecule has 0 aliphatic carbocycles. The summed E-state index contributed by atoms with van der Waals surface area (Å²) in [6.07, 6.45) is 2.14. The first-order valence-electron chi connectivity index (χ1n) is 7.66. The second kappa shape index (κ2) is 5.79. The molecule has 1 aliphatic rings. The number of thiophene rings is 1. The van der Waals surface area contributed by atoms with Gasteiger partial charge in [-0.05, 0) is 48.9 Å². The lowest BCUT2D eigenvalue weighted by Gasteiger charge is -2.04. The lowest BCUT2D eigenvalue weighted by molar-refractivity contribution is 0.102. The zero-order chi connectivity index (χ0) is 15.8. The van der Waals surface area contributed by atoms with E-state index in [0.717, 1.165) is 53.1 Å². The Balaban J connectivity index is 1.58.